The molecule has 0 aromatic carbocycles. The Morgan fingerprint density at radius 3 is 2.43 bits per heavy atom. The van der Waals surface area contributed by atoms with Crippen molar-refractivity contribution >= 4 is 0 Å². The quantitative estimate of drug-likeness (QED) is 0.514. The third-order valence-electron chi connectivity index (χ3n) is 1.31. The second-order valence-corrected chi connectivity index (χ2v) is 2.10. The summed E-state index contributed by atoms with van der Waals surface area (Å²) < 4.78 is 0. The molecule has 1 nitrogen and oxygen atoms in total. The van der Waals surface area contributed by atoms with Gasteiger partial charge in [-0.25, -0.2) is 0 Å². The van der Waals surface area contributed by atoms with Crippen molar-refractivity contribution in [3.05, 3.63) is 0 Å². The van der Waals surface area contributed by atoms with Crippen molar-refractivity contribution in [3.63, 3.8) is 0 Å². The maximum Gasteiger partial charge on any atom is 0 e. The normalized spacial score (nSPS) is 29.6. The summed E-state index contributed by atoms with van der Waals surface area (Å²) in [6, 6.07) is 0. The Morgan fingerprint density at radius 1 is 1.57 bits per heavy atom. The van der Waals surface area contributed by atoms with Crippen LogP contribution in [0.15, 0.2) is 0 Å². The molecule has 0 aliphatic carbocycles. The fourth-order valence-electron chi connectivity index (χ4n) is 0.799. The van der Waals surface area contributed by atoms with E-state index in [1.165, 1.54) is 19.5 Å². The van der Waals surface area contributed by atoms with Gasteiger partial charge in [-0.2, -0.15) is 0 Å². The van der Waals surface area contributed by atoms with Gasteiger partial charge in [0.2, 0.25) is 0 Å². The summed E-state index contributed by atoms with van der Waals surface area (Å²) in [6.07, 6.45) is 1.38. The zero-order valence-electron chi connectivity index (χ0n) is 4.65. The van der Waals surface area contributed by atoms with E-state index in [-0.39, 0.29) is 18.6 Å². The molecule has 1 aliphatic heterocycles. The molecule has 2 heteroatoms. The van der Waals surface area contributed by atoms with Crippen LogP contribution in [-0.4, -0.2) is 13.1 Å². The van der Waals surface area contributed by atoms with Crippen LogP contribution in [0.3, 0.4) is 0 Å². The Hall–Kier alpha value is 0.544. The molecular weight excluding hydrogens is 125 g/mol. The topological polar surface area (TPSA) is 12.0 Å². The van der Waals surface area contributed by atoms with Crippen LogP contribution < -0.4 is 5.32 Å². The van der Waals surface area contributed by atoms with Gasteiger partial charge >= 0.3 is 0 Å². The van der Waals surface area contributed by atoms with Crippen LogP contribution in [0.5, 0.6) is 0 Å². The van der Waals surface area contributed by atoms with Gasteiger partial charge in [0.05, 0.1) is 0 Å². The molecule has 1 N–H and O–H groups in total. The van der Waals surface area contributed by atoms with Crippen molar-refractivity contribution in [3.8, 4) is 0 Å². The maximum absolute atomic E-state index is 3.27. The minimum Gasteiger partial charge on any atom is -0.316 e. The van der Waals surface area contributed by atoms with Crippen LogP contribution in [0.1, 0.15) is 13.3 Å². The molecule has 7 heavy (non-hydrogen) atoms. The van der Waals surface area contributed by atoms with Crippen molar-refractivity contribution in [1.82, 2.24) is 5.32 Å². The zero-order valence-corrected chi connectivity index (χ0v) is 6.04. The van der Waals surface area contributed by atoms with Crippen molar-refractivity contribution in [2.75, 3.05) is 13.1 Å². The second-order valence-electron chi connectivity index (χ2n) is 2.10. The summed E-state index contributed by atoms with van der Waals surface area (Å²) in [5, 5.41) is 3.27. The fourth-order valence-corrected chi connectivity index (χ4v) is 0.799. The molecule has 1 atom stereocenters. The van der Waals surface area contributed by atoms with E-state index in [0.29, 0.717) is 0 Å². The van der Waals surface area contributed by atoms with Gasteiger partial charge in [0, 0.05) is 18.6 Å². The van der Waals surface area contributed by atoms with Gasteiger partial charge in [-0.15, -0.1) is 0 Å². The van der Waals surface area contributed by atoms with Gasteiger partial charge in [0.1, 0.15) is 0 Å². The van der Waals surface area contributed by atoms with Crippen LogP contribution in [0.25, 0.3) is 0 Å². The van der Waals surface area contributed by atoms with Gasteiger partial charge in [-0.1, -0.05) is 6.92 Å². The molecule has 1 saturated heterocycles. The molecule has 1 fully saturated rings. The smallest absolute Gasteiger partial charge is 0 e. The monoisotopic (exact) mass is 136 g/mol. The first-order valence-corrected chi connectivity index (χ1v) is 2.60. The van der Waals surface area contributed by atoms with Crippen molar-refractivity contribution in [1.29, 1.82) is 0 Å². The molecular formula is C5H11NV. The first kappa shape index (κ1) is 7.54. The molecule has 0 bridgehead atoms. The van der Waals surface area contributed by atoms with Crippen molar-refractivity contribution < 1.29 is 18.6 Å². The molecule has 0 spiro atoms. The fraction of sp³-hybridized carbons (Fsp3) is 1.00. The van der Waals surface area contributed by atoms with Crippen LogP contribution in [0.4, 0.5) is 0 Å². The summed E-state index contributed by atoms with van der Waals surface area (Å²) in [5.41, 5.74) is 0. The third kappa shape index (κ3) is 2.37. The van der Waals surface area contributed by atoms with Crippen molar-refractivity contribution in [2.24, 2.45) is 5.92 Å². The third-order valence-corrected chi connectivity index (χ3v) is 1.31. The van der Waals surface area contributed by atoms with Crippen LogP contribution in [-0.2, 0) is 18.6 Å². The summed E-state index contributed by atoms with van der Waals surface area (Å²) in [5.74, 6) is 0.935. The predicted molar refractivity (Wildman–Crippen MR) is 26.7 cm³/mol. The molecule has 41 valence electrons. The van der Waals surface area contributed by atoms with E-state index in [1.54, 1.807) is 0 Å². The largest absolute Gasteiger partial charge is 0.316 e. The number of hydrogen-bond acceptors (Lipinski definition) is 1. The van der Waals surface area contributed by atoms with E-state index >= 15 is 0 Å². The molecule has 0 saturated carbocycles. The Bertz CT molecular complexity index is 41.3. The van der Waals surface area contributed by atoms with Crippen LogP contribution in [0.2, 0.25) is 0 Å². The van der Waals surface area contributed by atoms with Crippen molar-refractivity contribution in [2.45, 2.75) is 13.3 Å². The molecule has 0 aromatic rings. The number of rotatable bonds is 0. The van der Waals surface area contributed by atoms with Gasteiger partial charge in [0.15, 0.2) is 0 Å². The van der Waals surface area contributed by atoms with Crippen LogP contribution >= 0.6 is 0 Å². The number of nitrogens with one attached hydrogen (secondary N) is 1. The minimum atomic E-state index is 0. The summed E-state index contributed by atoms with van der Waals surface area (Å²) in [7, 11) is 0. The summed E-state index contributed by atoms with van der Waals surface area (Å²) in [6.45, 7) is 4.75. The van der Waals surface area contributed by atoms with Gasteiger partial charge < -0.3 is 5.32 Å². The minimum absolute atomic E-state index is 0. The van der Waals surface area contributed by atoms with Crippen LogP contribution in [0, 0.1) is 5.92 Å². The average molecular weight is 136 g/mol. The van der Waals surface area contributed by atoms with E-state index < -0.39 is 0 Å². The molecule has 1 aliphatic rings. The first-order valence-electron chi connectivity index (χ1n) is 2.60. The molecule has 1 unspecified atom stereocenters. The zero-order chi connectivity index (χ0) is 4.41. The summed E-state index contributed by atoms with van der Waals surface area (Å²) in [4.78, 5) is 0. The molecule has 1 rings (SSSR count). The van der Waals surface area contributed by atoms with E-state index in [4.69, 9.17) is 0 Å². The Morgan fingerprint density at radius 2 is 2.29 bits per heavy atom. The van der Waals surface area contributed by atoms with Gasteiger partial charge in [0.25, 0.3) is 0 Å². The second kappa shape index (κ2) is 3.53. The summed E-state index contributed by atoms with van der Waals surface area (Å²) >= 11 is 0. The average Bonchev–Trinajstić information content (AvgIpc) is 1.86. The Balaban J connectivity index is 0.000000360. The van der Waals surface area contributed by atoms with Gasteiger partial charge in [-0.3, -0.25) is 0 Å². The first-order chi connectivity index (χ1) is 2.89. The standard InChI is InChI=1S/C5H11N.V/c1-5-2-3-6-4-5;/h5-6H,2-4H2,1H3;. The Kier molecular flexibility index (Phi) is 3.81. The van der Waals surface area contributed by atoms with E-state index in [2.05, 4.69) is 12.2 Å². The molecule has 1 radical (unpaired) electrons. The SMILES string of the molecule is CC1CCNC1.[V]. The van der Waals surface area contributed by atoms with E-state index in [1.807, 2.05) is 0 Å². The molecule has 0 aromatic heterocycles. The molecule has 0 amide bonds. The van der Waals surface area contributed by atoms with E-state index in [9.17, 15) is 0 Å². The van der Waals surface area contributed by atoms with E-state index in [0.717, 1.165) is 5.92 Å². The maximum atomic E-state index is 3.27. The predicted octanol–water partition coefficient (Wildman–Crippen LogP) is 0.613. The molecule has 1 heterocycles. The van der Waals surface area contributed by atoms with Gasteiger partial charge in [-0.05, 0) is 25.4 Å². The number of hydrogen-bond donors (Lipinski definition) is 1. The Labute approximate surface area is 56.8 Å².